The zero-order chi connectivity index (χ0) is 21.2. The lowest BCUT2D eigenvalue weighted by Crippen LogP contribution is -2.27. The Labute approximate surface area is 184 Å². The zero-order valence-corrected chi connectivity index (χ0v) is 18.8. The minimum Gasteiger partial charge on any atom is -0.497 e. The normalized spacial score (nSPS) is 10.9. The molecule has 0 fully saturated rings. The van der Waals surface area contributed by atoms with Crippen LogP contribution in [0.3, 0.4) is 0 Å². The molecular weight excluding hydrogens is 508 g/mol. The van der Waals surface area contributed by atoms with Crippen molar-refractivity contribution in [3.63, 3.8) is 0 Å². The van der Waals surface area contributed by atoms with Gasteiger partial charge in [-0.05, 0) is 36.4 Å². The van der Waals surface area contributed by atoms with Crippen molar-refractivity contribution in [1.82, 2.24) is 10.9 Å². The first-order valence-corrected chi connectivity index (χ1v) is 9.82. The third-order valence-corrected chi connectivity index (χ3v) is 4.96. The summed E-state index contributed by atoms with van der Waals surface area (Å²) in [5.41, 5.74) is 6.00. The fourth-order valence-electron chi connectivity index (χ4n) is 2.07. The first-order valence-electron chi connectivity index (χ1n) is 8.24. The summed E-state index contributed by atoms with van der Waals surface area (Å²) in [4.78, 5) is 23.6. The molecule has 2 aromatic rings. The largest absolute Gasteiger partial charge is 0.497 e. The van der Waals surface area contributed by atoms with Crippen LogP contribution in [0, 0.1) is 0 Å². The van der Waals surface area contributed by atoms with Gasteiger partial charge in [0, 0.05) is 20.1 Å². The Hall–Kier alpha value is -2.72. The zero-order valence-electron chi connectivity index (χ0n) is 15.6. The average Bonchev–Trinajstić information content (AvgIpc) is 2.70. The molecule has 0 radical (unpaired) electrons. The summed E-state index contributed by atoms with van der Waals surface area (Å²) in [6, 6.07) is 10.7. The maximum absolute atomic E-state index is 11.8. The molecule has 0 aliphatic rings. The van der Waals surface area contributed by atoms with Crippen LogP contribution in [0.1, 0.15) is 17.5 Å². The lowest BCUT2D eigenvalue weighted by molar-refractivity contribution is -0.129. The fraction of sp³-hybridized carbons (Fsp3) is 0.158. The quantitative estimate of drug-likeness (QED) is 0.314. The minimum absolute atomic E-state index is 0.423. The van der Waals surface area contributed by atoms with Gasteiger partial charge in [-0.25, -0.2) is 10.9 Å². The molecule has 2 N–H and O–H groups in total. The molecule has 0 bridgehead atoms. The number of halogens is 2. The monoisotopic (exact) mass is 524 g/mol. The van der Waals surface area contributed by atoms with Crippen LogP contribution < -0.4 is 20.3 Å². The smallest absolute Gasteiger partial charge is 0.249 e. The van der Waals surface area contributed by atoms with Gasteiger partial charge in [-0.1, -0.05) is 31.9 Å². The Morgan fingerprint density at radius 3 is 1.66 bits per heavy atom. The Morgan fingerprint density at radius 2 is 1.28 bits per heavy atom. The van der Waals surface area contributed by atoms with Crippen molar-refractivity contribution >= 4 is 56.1 Å². The van der Waals surface area contributed by atoms with Crippen LogP contribution in [0.2, 0.25) is 0 Å². The number of amides is 2. The van der Waals surface area contributed by atoms with Crippen LogP contribution in [0.4, 0.5) is 0 Å². The number of benzene rings is 2. The number of carbonyl (C=O) groups is 2. The third kappa shape index (κ3) is 7.31. The number of carbonyl (C=O) groups excluding carboxylic acids is 2. The molecule has 2 amide bonds. The highest BCUT2D eigenvalue weighted by Crippen LogP contribution is 2.21. The summed E-state index contributed by atoms with van der Waals surface area (Å²) in [5.74, 6) is 0.160. The number of nitrogens with zero attached hydrogens (tertiary/aromatic N) is 2. The van der Waals surface area contributed by atoms with Gasteiger partial charge in [0.2, 0.25) is 11.8 Å². The number of rotatable bonds is 8. The Morgan fingerprint density at radius 1 is 0.862 bits per heavy atom. The van der Waals surface area contributed by atoms with Gasteiger partial charge in [0.1, 0.15) is 17.9 Å². The molecule has 29 heavy (non-hydrogen) atoms. The number of hydrogen-bond acceptors (Lipinski definition) is 6. The van der Waals surface area contributed by atoms with Gasteiger partial charge >= 0.3 is 0 Å². The topological polar surface area (TPSA) is 101 Å². The van der Waals surface area contributed by atoms with E-state index < -0.39 is 18.2 Å². The molecule has 0 saturated carbocycles. The van der Waals surface area contributed by atoms with E-state index >= 15 is 0 Å². The molecule has 0 atom stereocenters. The number of hydrazone groups is 2. The van der Waals surface area contributed by atoms with Crippen molar-refractivity contribution in [3.8, 4) is 11.5 Å². The van der Waals surface area contributed by atoms with Gasteiger partial charge in [0.25, 0.3) is 0 Å². The van der Waals surface area contributed by atoms with Crippen molar-refractivity contribution in [2.24, 2.45) is 10.2 Å². The SMILES string of the molecule is COc1ccc(Br)c(C=NNC(=O)CC(=O)NN=Cc2cc(OC)ccc2Br)c1. The van der Waals surface area contributed by atoms with E-state index in [-0.39, 0.29) is 0 Å². The van der Waals surface area contributed by atoms with Crippen molar-refractivity contribution in [2.45, 2.75) is 6.42 Å². The molecule has 0 heterocycles. The van der Waals surface area contributed by atoms with E-state index in [1.54, 1.807) is 50.6 Å². The molecule has 0 unspecified atom stereocenters. The predicted molar refractivity (Wildman–Crippen MR) is 117 cm³/mol. The number of ether oxygens (including phenoxy) is 2. The van der Waals surface area contributed by atoms with Crippen molar-refractivity contribution in [3.05, 3.63) is 56.5 Å². The summed E-state index contributed by atoms with van der Waals surface area (Å²) < 4.78 is 11.8. The summed E-state index contributed by atoms with van der Waals surface area (Å²) in [7, 11) is 3.11. The van der Waals surface area contributed by atoms with Crippen molar-refractivity contribution in [2.75, 3.05) is 14.2 Å². The minimum atomic E-state index is -0.574. The molecule has 10 heteroatoms. The standard InChI is InChI=1S/C19H18Br2N4O4/c1-28-14-3-5-16(20)12(7-14)10-22-24-18(26)9-19(27)25-23-11-13-8-15(29-2)4-6-17(13)21/h3-8,10-11H,9H2,1-2H3,(H,24,26)(H,25,27). The van der Waals surface area contributed by atoms with Gasteiger partial charge in [-0.2, -0.15) is 10.2 Å². The molecular formula is C19H18Br2N4O4. The van der Waals surface area contributed by atoms with E-state index in [4.69, 9.17) is 9.47 Å². The summed E-state index contributed by atoms with van der Waals surface area (Å²) in [5, 5.41) is 7.68. The number of hydrogen-bond donors (Lipinski definition) is 2. The maximum atomic E-state index is 11.8. The van der Waals surface area contributed by atoms with E-state index in [9.17, 15) is 9.59 Å². The van der Waals surface area contributed by atoms with Crippen molar-refractivity contribution < 1.29 is 19.1 Å². The second-order valence-corrected chi connectivity index (χ2v) is 7.25. The van der Waals surface area contributed by atoms with E-state index in [0.717, 1.165) is 8.95 Å². The van der Waals surface area contributed by atoms with E-state index in [2.05, 4.69) is 52.9 Å². The highest BCUT2D eigenvalue weighted by Gasteiger charge is 2.08. The molecule has 152 valence electrons. The first-order chi connectivity index (χ1) is 13.9. The Bertz CT molecular complexity index is 872. The third-order valence-electron chi connectivity index (χ3n) is 3.51. The van der Waals surface area contributed by atoms with Gasteiger partial charge in [0.15, 0.2) is 0 Å². The summed E-state index contributed by atoms with van der Waals surface area (Å²) >= 11 is 6.76. The highest BCUT2D eigenvalue weighted by molar-refractivity contribution is 9.10. The van der Waals surface area contributed by atoms with Crippen LogP contribution >= 0.6 is 31.9 Å². The lowest BCUT2D eigenvalue weighted by atomic mass is 10.2. The maximum Gasteiger partial charge on any atom is 0.249 e. The molecule has 8 nitrogen and oxygen atoms in total. The highest BCUT2D eigenvalue weighted by atomic mass is 79.9. The first kappa shape index (κ1) is 22.6. The lowest BCUT2D eigenvalue weighted by Gasteiger charge is -2.04. The molecule has 0 aliphatic carbocycles. The van der Waals surface area contributed by atoms with Gasteiger partial charge in [0.05, 0.1) is 26.6 Å². The Kier molecular flexibility index (Phi) is 8.81. The molecule has 0 saturated heterocycles. The summed E-state index contributed by atoms with van der Waals surface area (Å²) in [6.07, 6.45) is 2.47. The number of methoxy groups -OCH3 is 2. The predicted octanol–water partition coefficient (Wildman–Crippen LogP) is 3.22. The summed E-state index contributed by atoms with van der Waals surface area (Å²) in [6.45, 7) is 0. The number of nitrogens with one attached hydrogen (secondary N) is 2. The Balaban J connectivity index is 1.84. The van der Waals surface area contributed by atoms with E-state index in [1.165, 1.54) is 12.4 Å². The van der Waals surface area contributed by atoms with Crippen LogP contribution in [-0.2, 0) is 9.59 Å². The van der Waals surface area contributed by atoms with Gasteiger partial charge < -0.3 is 9.47 Å². The van der Waals surface area contributed by atoms with Crippen LogP contribution in [-0.4, -0.2) is 38.5 Å². The van der Waals surface area contributed by atoms with E-state index in [0.29, 0.717) is 22.6 Å². The fourth-order valence-corrected chi connectivity index (χ4v) is 2.77. The molecule has 0 aliphatic heterocycles. The molecule has 2 aromatic carbocycles. The van der Waals surface area contributed by atoms with E-state index in [1.807, 2.05) is 0 Å². The van der Waals surface area contributed by atoms with Gasteiger partial charge in [-0.3, -0.25) is 9.59 Å². The van der Waals surface area contributed by atoms with Crippen molar-refractivity contribution in [1.29, 1.82) is 0 Å². The van der Waals surface area contributed by atoms with Crippen LogP contribution in [0.25, 0.3) is 0 Å². The average molecular weight is 526 g/mol. The second kappa shape index (κ2) is 11.3. The second-order valence-electron chi connectivity index (χ2n) is 5.54. The van der Waals surface area contributed by atoms with Crippen LogP contribution in [0.5, 0.6) is 11.5 Å². The molecule has 0 aromatic heterocycles. The van der Waals surface area contributed by atoms with Crippen LogP contribution in [0.15, 0.2) is 55.5 Å². The van der Waals surface area contributed by atoms with Gasteiger partial charge in [-0.15, -0.1) is 0 Å². The molecule has 0 spiro atoms. The molecule has 2 rings (SSSR count).